The van der Waals surface area contributed by atoms with Gasteiger partial charge in [-0.15, -0.1) is 0 Å². The lowest BCUT2D eigenvalue weighted by molar-refractivity contribution is -0.132. The van der Waals surface area contributed by atoms with Crippen molar-refractivity contribution in [3.63, 3.8) is 0 Å². The van der Waals surface area contributed by atoms with Crippen molar-refractivity contribution in [2.45, 2.75) is 19.9 Å². The molecule has 1 amide bonds. The quantitative estimate of drug-likeness (QED) is 0.242. The van der Waals surface area contributed by atoms with E-state index in [-0.39, 0.29) is 11.3 Å². The Kier molecular flexibility index (Phi) is 5.06. The number of fused-ring (bicyclic) bond motifs is 1. The molecule has 4 aromatic carbocycles. The molecular weight excluding hydrogens is 410 g/mol. The number of anilines is 1. The Hall–Kier alpha value is -4.18. The van der Waals surface area contributed by atoms with Crippen LogP contribution in [0.3, 0.4) is 0 Å². The molecule has 162 valence electrons. The van der Waals surface area contributed by atoms with E-state index < -0.39 is 17.7 Å². The number of hydrogen-bond acceptors (Lipinski definition) is 3. The number of amides is 1. The van der Waals surface area contributed by atoms with Crippen LogP contribution in [0.1, 0.15) is 28.3 Å². The minimum absolute atomic E-state index is 0.0994. The molecule has 0 aromatic heterocycles. The average Bonchev–Trinajstić information content (AvgIpc) is 3.10. The van der Waals surface area contributed by atoms with Gasteiger partial charge in [0.1, 0.15) is 5.76 Å². The highest BCUT2D eigenvalue weighted by Gasteiger charge is 2.47. The van der Waals surface area contributed by atoms with Crippen molar-refractivity contribution in [2.24, 2.45) is 0 Å². The molecule has 0 saturated carbocycles. The molecule has 1 unspecified atom stereocenters. The van der Waals surface area contributed by atoms with E-state index in [4.69, 9.17) is 0 Å². The molecule has 4 nitrogen and oxygen atoms in total. The molecule has 1 N–H and O–H groups in total. The molecule has 0 radical (unpaired) electrons. The van der Waals surface area contributed by atoms with Gasteiger partial charge in [-0.25, -0.2) is 0 Å². The molecular formula is C29H23NO3. The van der Waals surface area contributed by atoms with E-state index in [1.54, 1.807) is 6.07 Å². The number of carbonyl (C=O) groups is 2. The zero-order valence-corrected chi connectivity index (χ0v) is 18.4. The predicted molar refractivity (Wildman–Crippen MR) is 131 cm³/mol. The molecule has 1 heterocycles. The van der Waals surface area contributed by atoms with Crippen LogP contribution in [-0.2, 0) is 9.59 Å². The first-order valence-electron chi connectivity index (χ1n) is 10.9. The smallest absolute Gasteiger partial charge is 0.300 e. The summed E-state index contributed by atoms with van der Waals surface area (Å²) >= 11 is 0. The van der Waals surface area contributed by atoms with E-state index in [0.717, 1.165) is 27.5 Å². The minimum Gasteiger partial charge on any atom is -0.507 e. The van der Waals surface area contributed by atoms with Crippen LogP contribution in [0.5, 0.6) is 0 Å². The summed E-state index contributed by atoms with van der Waals surface area (Å²) in [6.45, 7) is 3.87. The van der Waals surface area contributed by atoms with Gasteiger partial charge in [-0.3, -0.25) is 14.5 Å². The molecule has 1 fully saturated rings. The SMILES string of the molecule is Cc1ccc(C)c(N2C(=O)C(=O)/C(=C(\O)c3ccc4ccccc4c3)C2c2ccccc2)c1. The first-order valence-corrected chi connectivity index (χ1v) is 10.9. The number of aliphatic hydroxyl groups excluding tert-OH is 1. The van der Waals surface area contributed by atoms with Gasteiger partial charge in [0, 0.05) is 11.3 Å². The Bertz CT molecular complexity index is 1440. The number of aryl methyl sites for hydroxylation is 2. The summed E-state index contributed by atoms with van der Waals surface area (Å²) in [5.41, 5.74) is 3.91. The molecule has 5 rings (SSSR count). The first-order chi connectivity index (χ1) is 16.0. The van der Waals surface area contributed by atoms with E-state index in [1.807, 2.05) is 98.8 Å². The summed E-state index contributed by atoms with van der Waals surface area (Å²) in [5.74, 6) is -1.49. The van der Waals surface area contributed by atoms with E-state index in [2.05, 4.69) is 0 Å². The summed E-state index contributed by atoms with van der Waals surface area (Å²) in [5, 5.41) is 13.3. The predicted octanol–water partition coefficient (Wildman–Crippen LogP) is 6.08. The largest absolute Gasteiger partial charge is 0.507 e. The lowest BCUT2D eigenvalue weighted by Crippen LogP contribution is -2.30. The highest BCUT2D eigenvalue weighted by atomic mass is 16.3. The van der Waals surface area contributed by atoms with Crippen LogP contribution in [0.25, 0.3) is 16.5 Å². The fourth-order valence-corrected chi connectivity index (χ4v) is 4.50. The average molecular weight is 434 g/mol. The topological polar surface area (TPSA) is 57.6 Å². The van der Waals surface area contributed by atoms with Crippen LogP contribution in [-0.4, -0.2) is 16.8 Å². The van der Waals surface area contributed by atoms with E-state index in [9.17, 15) is 14.7 Å². The van der Waals surface area contributed by atoms with Gasteiger partial charge in [-0.1, -0.05) is 78.9 Å². The Balaban J connectivity index is 1.75. The van der Waals surface area contributed by atoms with Crippen molar-refractivity contribution in [1.29, 1.82) is 0 Å². The summed E-state index contributed by atoms with van der Waals surface area (Å²) in [7, 11) is 0. The number of Topliss-reactive ketones (excluding diaryl/α,β-unsaturated/α-hetero) is 1. The zero-order valence-electron chi connectivity index (χ0n) is 18.4. The van der Waals surface area contributed by atoms with Gasteiger partial charge in [0.25, 0.3) is 11.7 Å². The molecule has 0 spiro atoms. The number of aliphatic hydroxyl groups is 1. The van der Waals surface area contributed by atoms with Gasteiger partial charge in [0.2, 0.25) is 0 Å². The van der Waals surface area contributed by atoms with E-state index in [1.165, 1.54) is 4.90 Å². The number of rotatable bonds is 3. The monoisotopic (exact) mass is 433 g/mol. The maximum Gasteiger partial charge on any atom is 0.300 e. The standard InChI is InChI=1S/C29H23NO3/c1-18-12-13-19(2)24(16-18)30-26(21-9-4-3-5-10-21)25(28(32)29(30)33)27(31)23-15-14-20-8-6-7-11-22(20)17-23/h3-17,26,31H,1-2H3/b27-25-. The normalized spacial score (nSPS) is 17.6. The van der Waals surface area contributed by atoms with Crippen molar-refractivity contribution in [3.8, 4) is 0 Å². The maximum absolute atomic E-state index is 13.3. The van der Waals surface area contributed by atoms with Crippen molar-refractivity contribution < 1.29 is 14.7 Å². The molecule has 0 aliphatic carbocycles. The van der Waals surface area contributed by atoms with Gasteiger partial charge in [0.15, 0.2) is 0 Å². The molecule has 4 heteroatoms. The second-order valence-electron chi connectivity index (χ2n) is 8.43. The van der Waals surface area contributed by atoms with Crippen LogP contribution in [0.2, 0.25) is 0 Å². The lowest BCUT2D eigenvalue weighted by atomic mass is 9.94. The van der Waals surface area contributed by atoms with Crippen molar-refractivity contribution in [2.75, 3.05) is 4.90 Å². The third-order valence-corrected chi connectivity index (χ3v) is 6.21. The second-order valence-corrected chi connectivity index (χ2v) is 8.43. The van der Waals surface area contributed by atoms with Crippen LogP contribution >= 0.6 is 0 Å². The summed E-state index contributed by atoms with van der Waals surface area (Å²) < 4.78 is 0. The second kappa shape index (κ2) is 8.06. The van der Waals surface area contributed by atoms with Crippen molar-refractivity contribution in [1.82, 2.24) is 0 Å². The van der Waals surface area contributed by atoms with Crippen LogP contribution < -0.4 is 4.90 Å². The molecule has 1 saturated heterocycles. The zero-order chi connectivity index (χ0) is 23.1. The summed E-state index contributed by atoms with van der Waals surface area (Å²) in [6.07, 6.45) is 0. The summed E-state index contributed by atoms with van der Waals surface area (Å²) in [4.78, 5) is 28.2. The summed E-state index contributed by atoms with van der Waals surface area (Å²) in [6, 6.07) is 27.8. The van der Waals surface area contributed by atoms with E-state index in [0.29, 0.717) is 11.3 Å². The van der Waals surface area contributed by atoms with Crippen molar-refractivity contribution >= 4 is 33.9 Å². The number of nitrogens with zero attached hydrogens (tertiary/aromatic N) is 1. The highest BCUT2D eigenvalue weighted by Crippen LogP contribution is 2.43. The Morgan fingerprint density at radius 2 is 1.48 bits per heavy atom. The number of benzene rings is 4. The Labute approximate surface area is 192 Å². The van der Waals surface area contributed by atoms with Gasteiger partial charge in [-0.05, 0) is 53.4 Å². The van der Waals surface area contributed by atoms with Crippen molar-refractivity contribution in [3.05, 3.63) is 119 Å². The van der Waals surface area contributed by atoms with Crippen LogP contribution in [0.15, 0.2) is 96.6 Å². The van der Waals surface area contributed by atoms with Crippen LogP contribution in [0, 0.1) is 13.8 Å². The minimum atomic E-state index is -0.724. The molecule has 1 aliphatic rings. The first kappa shape index (κ1) is 20.7. The molecule has 1 atom stereocenters. The number of ketones is 1. The maximum atomic E-state index is 13.3. The fourth-order valence-electron chi connectivity index (χ4n) is 4.50. The fraction of sp³-hybridized carbons (Fsp3) is 0.103. The van der Waals surface area contributed by atoms with Gasteiger partial charge < -0.3 is 5.11 Å². The Morgan fingerprint density at radius 3 is 2.24 bits per heavy atom. The number of carbonyl (C=O) groups excluding carboxylic acids is 2. The Morgan fingerprint density at radius 1 is 0.788 bits per heavy atom. The molecule has 0 bridgehead atoms. The lowest BCUT2D eigenvalue weighted by Gasteiger charge is -2.27. The third kappa shape index (κ3) is 3.50. The van der Waals surface area contributed by atoms with Gasteiger partial charge in [-0.2, -0.15) is 0 Å². The third-order valence-electron chi connectivity index (χ3n) is 6.21. The number of hydrogen-bond donors (Lipinski definition) is 1. The van der Waals surface area contributed by atoms with E-state index >= 15 is 0 Å². The molecule has 33 heavy (non-hydrogen) atoms. The molecule has 4 aromatic rings. The van der Waals surface area contributed by atoms with Gasteiger partial charge in [0.05, 0.1) is 11.6 Å². The van der Waals surface area contributed by atoms with Gasteiger partial charge >= 0.3 is 0 Å². The molecule has 1 aliphatic heterocycles. The van der Waals surface area contributed by atoms with Crippen LogP contribution in [0.4, 0.5) is 5.69 Å². The highest BCUT2D eigenvalue weighted by molar-refractivity contribution is 6.51.